The first-order chi connectivity index (χ1) is 13.6. The maximum atomic E-state index is 12.9. The molecule has 0 saturated carbocycles. The molecule has 2 atom stereocenters. The lowest BCUT2D eigenvalue weighted by Crippen LogP contribution is -2.37. The molecule has 0 bridgehead atoms. The van der Waals surface area contributed by atoms with Gasteiger partial charge in [0.25, 0.3) is 11.6 Å². The molecule has 1 aliphatic rings. The van der Waals surface area contributed by atoms with E-state index in [1.165, 1.54) is 0 Å². The molecule has 3 rings (SSSR count). The summed E-state index contributed by atoms with van der Waals surface area (Å²) in [6, 6.07) is -0.157. The van der Waals surface area contributed by atoms with Crippen LogP contribution in [0.3, 0.4) is 0 Å². The van der Waals surface area contributed by atoms with Crippen molar-refractivity contribution in [3.8, 4) is 0 Å². The first kappa shape index (κ1) is 21.4. The van der Waals surface area contributed by atoms with E-state index in [1.54, 1.807) is 13.8 Å². The van der Waals surface area contributed by atoms with Crippen LogP contribution in [-0.4, -0.2) is 57.5 Å². The van der Waals surface area contributed by atoms with Gasteiger partial charge in [-0.25, -0.2) is 9.50 Å². The molecule has 1 N–H and O–H groups in total. The van der Waals surface area contributed by atoms with Gasteiger partial charge in [-0.1, -0.05) is 0 Å². The fraction of sp³-hybridized carbons (Fsp3) is 0.667. The average Bonchev–Trinajstić information content (AvgIpc) is 3.28. The van der Waals surface area contributed by atoms with Crippen molar-refractivity contribution in [2.75, 3.05) is 19.8 Å². The highest BCUT2D eigenvalue weighted by Gasteiger charge is 2.37. The summed E-state index contributed by atoms with van der Waals surface area (Å²) in [5, 5.41) is 6.38. The molecule has 29 heavy (non-hydrogen) atoms. The van der Waals surface area contributed by atoms with Crippen LogP contribution in [-0.2, 0) is 26.9 Å². The van der Waals surface area contributed by atoms with E-state index in [2.05, 4.69) is 20.4 Å². The number of carbonyl (C=O) groups is 1. The zero-order chi connectivity index (χ0) is 21.2. The zero-order valence-electron chi connectivity index (χ0n) is 16.5. The Balaban J connectivity index is 1.59. The van der Waals surface area contributed by atoms with E-state index in [-0.39, 0.29) is 30.3 Å². The van der Waals surface area contributed by atoms with Crippen LogP contribution in [0, 0.1) is 13.8 Å². The molecule has 0 radical (unpaired) electrons. The maximum absolute atomic E-state index is 12.9. The van der Waals surface area contributed by atoms with Crippen LogP contribution in [0.1, 0.15) is 42.5 Å². The summed E-state index contributed by atoms with van der Waals surface area (Å²) in [6.45, 7) is 6.84. The predicted octanol–water partition coefficient (Wildman–Crippen LogP) is 2.00. The number of amides is 1. The Morgan fingerprint density at radius 3 is 2.79 bits per heavy atom. The van der Waals surface area contributed by atoms with E-state index >= 15 is 0 Å². The Morgan fingerprint density at radius 1 is 1.38 bits per heavy atom. The van der Waals surface area contributed by atoms with Crippen molar-refractivity contribution >= 4 is 11.7 Å². The second-order valence-corrected chi connectivity index (χ2v) is 7.19. The van der Waals surface area contributed by atoms with Crippen LogP contribution in [0.5, 0.6) is 0 Å². The molecule has 3 heterocycles. The first-order valence-electron chi connectivity index (χ1n) is 9.44. The maximum Gasteiger partial charge on any atom is 0.453 e. The van der Waals surface area contributed by atoms with Crippen LogP contribution in [0.25, 0.3) is 5.78 Å². The minimum atomic E-state index is -4.64. The Labute approximate surface area is 165 Å². The minimum Gasteiger partial charge on any atom is -0.379 e. The number of halogens is 3. The Bertz CT molecular complexity index is 878. The summed E-state index contributed by atoms with van der Waals surface area (Å²) in [5.41, 5.74) is 1.70. The first-order valence-corrected chi connectivity index (χ1v) is 9.44. The summed E-state index contributed by atoms with van der Waals surface area (Å²) < 4.78 is 50.6. The summed E-state index contributed by atoms with van der Waals surface area (Å²) in [5.74, 6) is -1.51. The van der Waals surface area contributed by atoms with Gasteiger partial charge in [0.05, 0.1) is 19.3 Å². The highest BCUT2D eigenvalue weighted by atomic mass is 19.4. The number of rotatable bonds is 7. The van der Waals surface area contributed by atoms with Gasteiger partial charge in [-0.2, -0.15) is 18.2 Å². The summed E-state index contributed by atoms with van der Waals surface area (Å²) in [6.07, 6.45) is -3.21. The lowest BCUT2D eigenvalue weighted by Gasteiger charge is -2.17. The van der Waals surface area contributed by atoms with Crippen LogP contribution in [0.4, 0.5) is 13.2 Å². The van der Waals surface area contributed by atoms with Gasteiger partial charge in [-0.3, -0.25) is 4.79 Å². The number of carbonyl (C=O) groups excluding carboxylic acids is 1. The number of ether oxygens (including phenoxy) is 2. The van der Waals surface area contributed by atoms with Gasteiger partial charge in [0.2, 0.25) is 5.91 Å². The van der Waals surface area contributed by atoms with Crippen LogP contribution < -0.4 is 5.32 Å². The lowest BCUT2D eigenvalue weighted by atomic mass is 10.1. The van der Waals surface area contributed by atoms with Crippen molar-refractivity contribution in [1.29, 1.82) is 0 Å². The van der Waals surface area contributed by atoms with E-state index in [0.717, 1.165) is 10.9 Å². The van der Waals surface area contributed by atoms with E-state index in [9.17, 15) is 18.0 Å². The smallest absolute Gasteiger partial charge is 0.379 e. The highest BCUT2D eigenvalue weighted by molar-refractivity contribution is 5.76. The van der Waals surface area contributed by atoms with Crippen LogP contribution in [0.2, 0.25) is 0 Å². The highest BCUT2D eigenvalue weighted by Crippen LogP contribution is 2.27. The number of nitrogens with zero attached hydrogens (tertiary/aromatic N) is 4. The van der Waals surface area contributed by atoms with Gasteiger partial charge < -0.3 is 14.8 Å². The second-order valence-electron chi connectivity index (χ2n) is 7.19. The predicted molar refractivity (Wildman–Crippen MR) is 96.4 cm³/mol. The Hall–Kier alpha value is -2.27. The van der Waals surface area contributed by atoms with Crippen molar-refractivity contribution in [2.24, 2.45) is 0 Å². The molecular weight excluding hydrogens is 391 g/mol. The topological polar surface area (TPSA) is 90.6 Å². The Morgan fingerprint density at radius 2 is 2.14 bits per heavy atom. The normalized spacial score (nSPS) is 18.3. The monoisotopic (exact) mass is 415 g/mol. The summed E-state index contributed by atoms with van der Waals surface area (Å²) in [7, 11) is 0. The molecule has 2 aromatic rings. The molecule has 1 aliphatic heterocycles. The third-order valence-corrected chi connectivity index (χ3v) is 4.78. The number of hydrogen-bond donors (Lipinski definition) is 1. The second kappa shape index (κ2) is 8.62. The minimum absolute atomic E-state index is 0.0710. The molecule has 1 saturated heterocycles. The van der Waals surface area contributed by atoms with Gasteiger partial charge in [0.15, 0.2) is 0 Å². The van der Waals surface area contributed by atoms with Crippen LogP contribution >= 0.6 is 0 Å². The van der Waals surface area contributed by atoms with Gasteiger partial charge in [-0.15, -0.1) is 5.10 Å². The van der Waals surface area contributed by atoms with Gasteiger partial charge in [0, 0.05) is 30.5 Å². The lowest BCUT2D eigenvalue weighted by molar-refractivity contribution is -0.144. The summed E-state index contributed by atoms with van der Waals surface area (Å²) >= 11 is 0. The third-order valence-electron chi connectivity index (χ3n) is 4.78. The van der Waals surface area contributed by atoms with Gasteiger partial charge in [0.1, 0.15) is 0 Å². The number of nitrogens with one attached hydrogen (secondary N) is 1. The average molecular weight is 415 g/mol. The molecule has 0 aliphatic carbocycles. The molecule has 0 aromatic carbocycles. The van der Waals surface area contributed by atoms with Crippen molar-refractivity contribution in [1.82, 2.24) is 24.9 Å². The fourth-order valence-corrected chi connectivity index (χ4v) is 3.24. The molecule has 1 fully saturated rings. The van der Waals surface area contributed by atoms with Gasteiger partial charge >= 0.3 is 6.18 Å². The molecule has 1 amide bonds. The molecule has 8 nitrogen and oxygen atoms in total. The molecule has 2 aromatic heterocycles. The molecule has 11 heteroatoms. The number of aromatic nitrogens is 4. The molecule has 0 unspecified atom stereocenters. The van der Waals surface area contributed by atoms with E-state index in [0.29, 0.717) is 43.2 Å². The number of aryl methyl sites for hydroxylation is 2. The largest absolute Gasteiger partial charge is 0.453 e. The summed E-state index contributed by atoms with van der Waals surface area (Å²) in [4.78, 5) is 19.8. The van der Waals surface area contributed by atoms with Crippen LogP contribution in [0.15, 0.2) is 0 Å². The van der Waals surface area contributed by atoms with Crippen molar-refractivity contribution < 1.29 is 27.4 Å². The number of hydrogen-bond acceptors (Lipinski definition) is 6. The number of alkyl halides is 3. The van der Waals surface area contributed by atoms with Crippen molar-refractivity contribution in [3.05, 3.63) is 22.8 Å². The number of fused-ring (bicyclic) bond motifs is 1. The van der Waals surface area contributed by atoms with Crippen molar-refractivity contribution in [3.63, 3.8) is 0 Å². The molecular formula is C18H24F3N5O3. The van der Waals surface area contributed by atoms with Crippen molar-refractivity contribution in [2.45, 2.75) is 58.4 Å². The van der Waals surface area contributed by atoms with Gasteiger partial charge in [-0.05, 0) is 39.2 Å². The van der Waals surface area contributed by atoms with E-state index in [1.807, 2.05) is 6.92 Å². The molecule has 160 valence electrons. The standard InChI is InChI=1S/C18H24F3N5O3/c1-10(8-29-13-6-7-28-9-13)22-15(27)5-4-14-11(2)23-17-24-16(18(19,20)21)25-26(17)12(14)3/h10,13H,4-9H2,1-3H3,(H,22,27)/t10-,13+/m1/s1. The molecule has 0 spiro atoms. The quantitative estimate of drug-likeness (QED) is 0.744. The Kier molecular flexibility index (Phi) is 6.37. The SMILES string of the molecule is Cc1nc2nc(C(F)(F)F)nn2c(C)c1CCC(=O)N[C@H](C)CO[C@H]1CCOC1. The zero-order valence-corrected chi connectivity index (χ0v) is 16.5. The third kappa shape index (κ3) is 5.21. The van der Waals surface area contributed by atoms with E-state index in [4.69, 9.17) is 9.47 Å². The van der Waals surface area contributed by atoms with E-state index < -0.39 is 12.0 Å². The fourth-order valence-electron chi connectivity index (χ4n) is 3.24.